The minimum Gasteiger partial charge on any atom is -0.514 e. The maximum Gasteiger partial charge on any atom is 0.196 e. The average Bonchev–Trinajstić information content (AvgIpc) is 2.07. The molecule has 0 aromatic carbocycles. The fourth-order valence-electron chi connectivity index (χ4n) is 0.673. The van der Waals surface area contributed by atoms with Gasteiger partial charge in [0.25, 0.3) is 0 Å². The Balaban J connectivity index is 4.18. The van der Waals surface area contributed by atoms with Crippen LogP contribution in [0.15, 0.2) is 11.8 Å². The lowest BCUT2D eigenvalue weighted by molar-refractivity contribution is -0.109. The summed E-state index contributed by atoms with van der Waals surface area (Å²) in [5.41, 5.74) is 0.0821. The molecule has 1 N–H and O–H groups in total. The average molecular weight is 171 g/mol. The molecule has 0 aliphatic carbocycles. The molecule has 0 bridgehead atoms. The second-order valence-electron chi connectivity index (χ2n) is 1.94. The van der Waals surface area contributed by atoms with Crippen molar-refractivity contribution in [2.75, 3.05) is 13.2 Å². The van der Waals surface area contributed by atoms with Gasteiger partial charge >= 0.3 is 0 Å². The highest BCUT2D eigenvalue weighted by atomic mass is 16.7. The van der Waals surface area contributed by atoms with E-state index in [9.17, 15) is 0 Å². The van der Waals surface area contributed by atoms with Crippen LogP contribution in [-0.2, 0) is 9.47 Å². The van der Waals surface area contributed by atoms with Crippen molar-refractivity contribution >= 4 is 0 Å². The summed E-state index contributed by atoms with van der Waals surface area (Å²) in [4.78, 5) is 0. The van der Waals surface area contributed by atoms with Crippen molar-refractivity contribution in [3.63, 3.8) is 0 Å². The van der Waals surface area contributed by atoms with Crippen molar-refractivity contribution < 1.29 is 14.6 Å². The number of hydrogen-bond acceptors (Lipinski definition) is 4. The summed E-state index contributed by atoms with van der Waals surface area (Å²) in [5, 5.41) is 17.1. The Hall–Kier alpha value is -1.05. The van der Waals surface area contributed by atoms with Crippen LogP contribution in [0.1, 0.15) is 13.8 Å². The van der Waals surface area contributed by atoms with E-state index in [2.05, 4.69) is 0 Å². The van der Waals surface area contributed by atoms with Crippen molar-refractivity contribution in [1.82, 2.24) is 0 Å². The molecule has 0 unspecified atom stereocenters. The lowest BCUT2D eigenvalue weighted by Crippen LogP contribution is -2.19. The first kappa shape index (κ1) is 11.0. The maximum absolute atomic E-state index is 8.61. The topological polar surface area (TPSA) is 62.5 Å². The number of nitriles is 1. The lowest BCUT2D eigenvalue weighted by atomic mass is 10.3. The Kier molecular flexibility index (Phi) is 6.07. The summed E-state index contributed by atoms with van der Waals surface area (Å²) in [7, 11) is 0. The van der Waals surface area contributed by atoms with Gasteiger partial charge in [-0.15, -0.1) is 0 Å². The van der Waals surface area contributed by atoms with Crippen LogP contribution < -0.4 is 0 Å². The molecule has 12 heavy (non-hydrogen) atoms. The summed E-state index contributed by atoms with van der Waals surface area (Å²) in [6, 6.07) is 1.78. The van der Waals surface area contributed by atoms with E-state index in [-0.39, 0.29) is 5.57 Å². The first-order chi connectivity index (χ1) is 5.79. The van der Waals surface area contributed by atoms with Gasteiger partial charge in [0.05, 0.1) is 6.26 Å². The highest BCUT2D eigenvalue weighted by Crippen LogP contribution is 2.06. The smallest absolute Gasteiger partial charge is 0.196 e. The highest BCUT2D eigenvalue weighted by molar-refractivity contribution is 5.20. The molecule has 0 spiro atoms. The van der Waals surface area contributed by atoms with Crippen LogP contribution >= 0.6 is 0 Å². The van der Waals surface area contributed by atoms with E-state index in [1.165, 1.54) is 0 Å². The monoisotopic (exact) mass is 171 g/mol. The van der Waals surface area contributed by atoms with E-state index in [1.807, 2.05) is 0 Å². The summed E-state index contributed by atoms with van der Waals surface area (Å²) in [6.45, 7) is 4.45. The Labute approximate surface area is 72.0 Å². The maximum atomic E-state index is 8.61. The van der Waals surface area contributed by atoms with Crippen LogP contribution in [0, 0.1) is 11.3 Å². The molecule has 4 nitrogen and oxygen atoms in total. The minimum absolute atomic E-state index is 0.0821. The van der Waals surface area contributed by atoms with E-state index >= 15 is 0 Å². The number of nitrogens with zero attached hydrogens (tertiary/aromatic N) is 1. The molecule has 0 rings (SSSR count). The first-order valence-corrected chi connectivity index (χ1v) is 3.77. The van der Waals surface area contributed by atoms with Crippen molar-refractivity contribution in [3.05, 3.63) is 11.8 Å². The first-order valence-electron chi connectivity index (χ1n) is 3.77. The van der Waals surface area contributed by atoms with Gasteiger partial charge in [-0.2, -0.15) is 5.26 Å². The normalized spacial score (nSPS) is 11.7. The molecule has 0 atom stereocenters. The molecule has 0 heterocycles. The van der Waals surface area contributed by atoms with E-state index in [1.54, 1.807) is 19.9 Å². The Bertz CT molecular complexity index is 177. The zero-order chi connectivity index (χ0) is 9.40. The summed E-state index contributed by atoms with van der Waals surface area (Å²) >= 11 is 0. The van der Waals surface area contributed by atoms with Gasteiger partial charge in [-0.1, -0.05) is 0 Å². The molecule has 0 aliphatic rings. The van der Waals surface area contributed by atoms with Crippen LogP contribution in [0.4, 0.5) is 0 Å². The van der Waals surface area contributed by atoms with Crippen LogP contribution in [0.3, 0.4) is 0 Å². The van der Waals surface area contributed by atoms with Crippen LogP contribution in [-0.4, -0.2) is 24.6 Å². The number of ether oxygens (including phenoxy) is 2. The zero-order valence-corrected chi connectivity index (χ0v) is 7.28. The summed E-state index contributed by atoms with van der Waals surface area (Å²) < 4.78 is 10.1. The van der Waals surface area contributed by atoms with E-state index in [0.717, 1.165) is 0 Å². The second-order valence-corrected chi connectivity index (χ2v) is 1.94. The SMILES string of the molecule is CCOC(OCC)/C(C#N)=C/O. The third kappa shape index (κ3) is 3.37. The molecule has 0 fully saturated rings. The molecule has 0 aromatic rings. The summed E-state index contributed by atoms with van der Waals surface area (Å²) in [6.07, 6.45) is -0.0364. The summed E-state index contributed by atoms with van der Waals surface area (Å²) in [5.74, 6) is 0. The third-order valence-electron chi connectivity index (χ3n) is 1.16. The molecule has 0 saturated carbocycles. The van der Waals surface area contributed by atoms with Gasteiger partial charge in [-0.25, -0.2) is 0 Å². The molecule has 0 radical (unpaired) electrons. The predicted molar refractivity (Wildman–Crippen MR) is 43.4 cm³/mol. The standard InChI is InChI=1S/C8H13NO3/c1-3-11-8(12-4-2)7(5-9)6-10/h6,8,10H,3-4H2,1-2H3/b7-6+. The molecular weight excluding hydrogens is 158 g/mol. The Morgan fingerprint density at radius 3 is 2.25 bits per heavy atom. The quantitative estimate of drug-likeness (QED) is 0.385. The second kappa shape index (κ2) is 6.65. The fraction of sp³-hybridized carbons (Fsp3) is 0.625. The van der Waals surface area contributed by atoms with Crippen molar-refractivity contribution in [1.29, 1.82) is 5.26 Å². The molecule has 0 amide bonds. The highest BCUT2D eigenvalue weighted by Gasteiger charge is 2.13. The molecular formula is C8H13NO3. The zero-order valence-electron chi connectivity index (χ0n) is 7.28. The largest absolute Gasteiger partial charge is 0.514 e. The van der Waals surface area contributed by atoms with Gasteiger partial charge in [0, 0.05) is 13.2 Å². The number of rotatable bonds is 5. The molecule has 0 aromatic heterocycles. The van der Waals surface area contributed by atoms with Crippen LogP contribution in [0.2, 0.25) is 0 Å². The number of aliphatic hydroxyl groups is 1. The minimum atomic E-state index is -0.741. The van der Waals surface area contributed by atoms with Gasteiger partial charge in [0.1, 0.15) is 11.6 Å². The Morgan fingerprint density at radius 2 is 2.00 bits per heavy atom. The van der Waals surface area contributed by atoms with Gasteiger partial charge in [-0.3, -0.25) is 0 Å². The van der Waals surface area contributed by atoms with Gasteiger partial charge in [-0.05, 0) is 13.8 Å². The van der Waals surface area contributed by atoms with Crippen molar-refractivity contribution in [2.24, 2.45) is 0 Å². The molecule has 68 valence electrons. The Morgan fingerprint density at radius 1 is 1.50 bits per heavy atom. The predicted octanol–water partition coefficient (Wildman–Crippen LogP) is 1.35. The molecule has 0 saturated heterocycles. The van der Waals surface area contributed by atoms with Crippen LogP contribution in [0.5, 0.6) is 0 Å². The van der Waals surface area contributed by atoms with E-state index in [4.69, 9.17) is 19.8 Å². The van der Waals surface area contributed by atoms with Crippen LogP contribution in [0.25, 0.3) is 0 Å². The van der Waals surface area contributed by atoms with Gasteiger partial charge in [0.2, 0.25) is 0 Å². The fourth-order valence-corrected chi connectivity index (χ4v) is 0.673. The lowest BCUT2D eigenvalue weighted by Gasteiger charge is -2.14. The van der Waals surface area contributed by atoms with Crippen molar-refractivity contribution in [3.8, 4) is 6.07 Å². The van der Waals surface area contributed by atoms with E-state index in [0.29, 0.717) is 19.5 Å². The van der Waals surface area contributed by atoms with Gasteiger partial charge in [0.15, 0.2) is 6.29 Å². The molecule has 4 heteroatoms. The van der Waals surface area contributed by atoms with Crippen molar-refractivity contribution in [2.45, 2.75) is 20.1 Å². The number of hydrogen-bond donors (Lipinski definition) is 1. The van der Waals surface area contributed by atoms with Gasteiger partial charge < -0.3 is 14.6 Å². The number of aliphatic hydroxyl groups excluding tert-OH is 1. The molecule has 0 aliphatic heterocycles. The van der Waals surface area contributed by atoms with E-state index < -0.39 is 6.29 Å². The third-order valence-corrected chi connectivity index (χ3v) is 1.16.